The van der Waals surface area contributed by atoms with Gasteiger partial charge in [-0.3, -0.25) is 9.36 Å². The largest absolute Gasteiger partial charge is 0.489 e. The quantitative estimate of drug-likeness (QED) is 0.424. The molecule has 0 spiro atoms. The summed E-state index contributed by atoms with van der Waals surface area (Å²) < 4.78 is 12.5. The first-order chi connectivity index (χ1) is 15.3. The fourth-order valence-corrected chi connectivity index (χ4v) is 4.16. The topological polar surface area (TPSA) is 73.7 Å². The fraction of sp³-hybridized carbons (Fsp3) is 0.261. The molecule has 1 aromatic heterocycles. The molecule has 7 nitrogen and oxygen atoms in total. The zero-order valence-electron chi connectivity index (χ0n) is 18.1. The highest BCUT2D eigenvalue weighted by Crippen LogP contribution is 2.35. The number of rotatable bonds is 7. The molecule has 0 saturated carbocycles. The van der Waals surface area contributed by atoms with E-state index in [-0.39, 0.29) is 24.0 Å². The SMILES string of the molecule is CCOC(=O)c1nc(N(C)C(c2cccc(Br)c2)c2ccccc2Cl)n(C)c(=O)c1OC. The van der Waals surface area contributed by atoms with Gasteiger partial charge in [-0.1, -0.05) is 57.9 Å². The number of hydrogen-bond acceptors (Lipinski definition) is 6. The summed E-state index contributed by atoms with van der Waals surface area (Å²) in [5, 5.41) is 0.563. The first kappa shape index (κ1) is 23.8. The fourth-order valence-electron chi connectivity index (χ4n) is 3.51. The van der Waals surface area contributed by atoms with Crippen molar-refractivity contribution < 1.29 is 14.3 Å². The summed E-state index contributed by atoms with van der Waals surface area (Å²) in [6.07, 6.45) is 0. The van der Waals surface area contributed by atoms with Crippen molar-refractivity contribution in [3.8, 4) is 5.75 Å². The van der Waals surface area contributed by atoms with Crippen LogP contribution in [-0.2, 0) is 11.8 Å². The second-order valence-corrected chi connectivity index (χ2v) is 8.29. The molecule has 0 aliphatic carbocycles. The lowest BCUT2D eigenvalue weighted by Crippen LogP contribution is -2.34. The van der Waals surface area contributed by atoms with Crippen molar-refractivity contribution in [2.24, 2.45) is 7.05 Å². The van der Waals surface area contributed by atoms with Gasteiger partial charge in [-0.2, -0.15) is 0 Å². The van der Waals surface area contributed by atoms with E-state index in [9.17, 15) is 9.59 Å². The van der Waals surface area contributed by atoms with Gasteiger partial charge in [-0.05, 0) is 36.2 Å². The molecule has 1 unspecified atom stereocenters. The standard InChI is InChI=1S/C23H23BrClN3O4/c1-5-32-22(30)18-20(31-4)21(29)28(3)23(26-18)27(2)19(14-9-8-10-15(24)13-14)16-11-6-7-12-17(16)25/h6-13,19H,5H2,1-4H3. The van der Waals surface area contributed by atoms with Crippen LogP contribution >= 0.6 is 27.5 Å². The molecule has 0 saturated heterocycles. The van der Waals surface area contributed by atoms with Crippen LogP contribution in [0, 0.1) is 0 Å². The lowest BCUT2D eigenvalue weighted by Gasteiger charge is -2.32. The molecule has 0 aliphatic heterocycles. The Labute approximate surface area is 199 Å². The molecule has 0 bridgehead atoms. The molecule has 3 aromatic rings. The van der Waals surface area contributed by atoms with Gasteiger partial charge in [0.25, 0.3) is 5.56 Å². The van der Waals surface area contributed by atoms with Gasteiger partial charge in [0, 0.05) is 23.6 Å². The van der Waals surface area contributed by atoms with Crippen LogP contribution in [0.2, 0.25) is 5.02 Å². The first-order valence-electron chi connectivity index (χ1n) is 9.85. The van der Waals surface area contributed by atoms with E-state index in [0.29, 0.717) is 5.02 Å². The maximum Gasteiger partial charge on any atom is 0.361 e. The number of benzene rings is 2. The van der Waals surface area contributed by atoms with Crippen LogP contribution in [0.3, 0.4) is 0 Å². The number of anilines is 1. The van der Waals surface area contributed by atoms with E-state index < -0.39 is 17.6 Å². The molecule has 32 heavy (non-hydrogen) atoms. The summed E-state index contributed by atoms with van der Waals surface area (Å²) in [7, 11) is 4.68. The lowest BCUT2D eigenvalue weighted by atomic mass is 9.97. The van der Waals surface area contributed by atoms with Gasteiger partial charge in [0.15, 0.2) is 5.69 Å². The Morgan fingerprint density at radius 3 is 2.59 bits per heavy atom. The van der Waals surface area contributed by atoms with Gasteiger partial charge in [0.1, 0.15) is 0 Å². The van der Waals surface area contributed by atoms with Crippen LogP contribution in [-0.4, -0.2) is 36.3 Å². The number of carbonyl (C=O) groups is 1. The third kappa shape index (κ3) is 4.66. The van der Waals surface area contributed by atoms with E-state index in [1.165, 1.54) is 11.7 Å². The Balaban J connectivity index is 2.25. The van der Waals surface area contributed by atoms with Crippen molar-refractivity contribution in [3.63, 3.8) is 0 Å². The van der Waals surface area contributed by atoms with Crippen LogP contribution in [0.1, 0.15) is 34.6 Å². The Kier molecular flexibility index (Phi) is 7.58. The molecule has 1 atom stereocenters. The zero-order chi connectivity index (χ0) is 23.4. The van der Waals surface area contributed by atoms with Crippen LogP contribution < -0.4 is 15.2 Å². The number of nitrogens with zero attached hydrogens (tertiary/aromatic N) is 3. The highest BCUT2D eigenvalue weighted by molar-refractivity contribution is 9.10. The molecule has 9 heteroatoms. The third-order valence-electron chi connectivity index (χ3n) is 4.97. The van der Waals surface area contributed by atoms with Gasteiger partial charge in [0.2, 0.25) is 11.7 Å². The van der Waals surface area contributed by atoms with Gasteiger partial charge in [-0.25, -0.2) is 9.78 Å². The van der Waals surface area contributed by atoms with E-state index in [4.69, 9.17) is 21.1 Å². The molecule has 2 aromatic carbocycles. The third-order valence-corrected chi connectivity index (χ3v) is 5.80. The number of halogens is 2. The van der Waals surface area contributed by atoms with Crippen molar-refractivity contribution in [2.45, 2.75) is 13.0 Å². The molecular formula is C23H23BrClN3O4. The molecule has 0 N–H and O–H groups in total. The van der Waals surface area contributed by atoms with Crippen molar-refractivity contribution in [3.05, 3.63) is 85.2 Å². The number of methoxy groups -OCH3 is 1. The minimum Gasteiger partial charge on any atom is -0.489 e. The minimum atomic E-state index is -0.728. The van der Waals surface area contributed by atoms with E-state index in [1.54, 1.807) is 32.0 Å². The number of carbonyl (C=O) groups excluding carboxylic acids is 1. The number of aromatic nitrogens is 2. The summed E-state index contributed by atoms with van der Waals surface area (Å²) in [6, 6.07) is 14.8. The van der Waals surface area contributed by atoms with Crippen molar-refractivity contribution in [2.75, 3.05) is 25.7 Å². The lowest BCUT2D eigenvalue weighted by molar-refractivity contribution is 0.0514. The molecule has 3 rings (SSSR count). The highest BCUT2D eigenvalue weighted by Gasteiger charge is 2.29. The maximum atomic E-state index is 13.0. The van der Waals surface area contributed by atoms with Gasteiger partial charge >= 0.3 is 5.97 Å². The van der Waals surface area contributed by atoms with Crippen LogP contribution in [0.5, 0.6) is 5.75 Å². The summed E-state index contributed by atoms with van der Waals surface area (Å²) in [6.45, 7) is 1.82. The second kappa shape index (κ2) is 10.2. The average molecular weight is 521 g/mol. The summed E-state index contributed by atoms with van der Waals surface area (Å²) in [5.74, 6) is -0.642. The van der Waals surface area contributed by atoms with E-state index in [1.807, 2.05) is 42.5 Å². The summed E-state index contributed by atoms with van der Waals surface area (Å²) >= 11 is 10.1. The van der Waals surface area contributed by atoms with E-state index >= 15 is 0 Å². The summed E-state index contributed by atoms with van der Waals surface area (Å²) in [5.41, 5.74) is 1.06. The Bertz CT molecular complexity index is 1200. The predicted molar refractivity (Wildman–Crippen MR) is 128 cm³/mol. The monoisotopic (exact) mass is 519 g/mol. The van der Waals surface area contributed by atoms with E-state index in [2.05, 4.69) is 20.9 Å². The smallest absolute Gasteiger partial charge is 0.361 e. The molecule has 1 heterocycles. The molecule has 0 fully saturated rings. The number of esters is 1. The Hall–Kier alpha value is -2.84. The number of hydrogen-bond donors (Lipinski definition) is 0. The zero-order valence-corrected chi connectivity index (χ0v) is 20.5. The van der Waals surface area contributed by atoms with Crippen molar-refractivity contribution in [1.82, 2.24) is 9.55 Å². The normalized spacial score (nSPS) is 11.7. The van der Waals surface area contributed by atoms with Crippen LogP contribution in [0.25, 0.3) is 0 Å². The molecule has 0 aliphatic rings. The summed E-state index contributed by atoms with van der Waals surface area (Å²) in [4.78, 5) is 31.8. The minimum absolute atomic E-state index is 0.143. The molecule has 168 valence electrons. The van der Waals surface area contributed by atoms with E-state index in [0.717, 1.165) is 15.6 Å². The Morgan fingerprint density at radius 1 is 1.25 bits per heavy atom. The van der Waals surface area contributed by atoms with Crippen LogP contribution in [0.4, 0.5) is 5.95 Å². The van der Waals surface area contributed by atoms with Crippen molar-refractivity contribution >= 4 is 39.4 Å². The van der Waals surface area contributed by atoms with Crippen LogP contribution in [0.15, 0.2) is 57.8 Å². The molecular weight excluding hydrogens is 498 g/mol. The Morgan fingerprint density at radius 2 is 1.97 bits per heavy atom. The first-order valence-corrected chi connectivity index (χ1v) is 11.0. The maximum absolute atomic E-state index is 13.0. The predicted octanol–water partition coefficient (Wildman–Crippen LogP) is 4.61. The average Bonchev–Trinajstić information content (AvgIpc) is 2.77. The van der Waals surface area contributed by atoms with Gasteiger partial charge in [-0.15, -0.1) is 0 Å². The molecule has 0 radical (unpaired) electrons. The van der Waals surface area contributed by atoms with Gasteiger partial charge < -0.3 is 14.4 Å². The molecule has 0 amide bonds. The van der Waals surface area contributed by atoms with Crippen molar-refractivity contribution in [1.29, 1.82) is 0 Å². The number of ether oxygens (including phenoxy) is 2. The second-order valence-electron chi connectivity index (χ2n) is 6.97. The van der Waals surface area contributed by atoms with Gasteiger partial charge in [0.05, 0.1) is 19.8 Å². The highest BCUT2D eigenvalue weighted by atomic mass is 79.9.